The van der Waals surface area contributed by atoms with Gasteiger partial charge in [-0.3, -0.25) is 4.79 Å². The van der Waals surface area contributed by atoms with Crippen molar-refractivity contribution in [3.8, 4) is 11.5 Å². The standard InChI is InChI=1S/C18H20N2O4S/c1-13-5-4-6-15(9-13)24-17-8-3-2-7-16(17)20-11-14(10-18(20)21)12-25(19,22)23/h2-9,14H,10-12H2,1H3,(H2,19,22,23). The smallest absolute Gasteiger partial charge is 0.227 e. The Bertz CT molecular complexity index is 895. The normalized spacial score (nSPS) is 17.8. The highest BCUT2D eigenvalue weighted by atomic mass is 32.2. The minimum Gasteiger partial charge on any atom is -0.455 e. The first-order valence-electron chi connectivity index (χ1n) is 7.96. The monoisotopic (exact) mass is 360 g/mol. The van der Waals surface area contributed by atoms with Crippen LogP contribution in [-0.4, -0.2) is 26.6 Å². The van der Waals surface area contributed by atoms with E-state index in [1.807, 2.05) is 43.3 Å². The van der Waals surface area contributed by atoms with Crippen LogP contribution in [0.4, 0.5) is 5.69 Å². The molecule has 1 saturated heterocycles. The average molecular weight is 360 g/mol. The van der Waals surface area contributed by atoms with Crippen molar-refractivity contribution in [1.82, 2.24) is 0 Å². The first kappa shape index (κ1) is 17.4. The van der Waals surface area contributed by atoms with Gasteiger partial charge in [0.2, 0.25) is 15.9 Å². The second-order valence-corrected chi connectivity index (χ2v) is 7.95. The van der Waals surface area contributed by atoms with Crippen LogP contribution in [0.1, 0.15) is 12.0 Å². The molecule has 132 valence electrons. The zero-order valence-corrected chi connectivity index (χ0v) is 14.7. The van der Waals surface area contributed by atoms with Crippen LogP contribution in [0, 0.1) is 12.8 Å². The summed E-state index contributed by atoms with van der Waals surface area (Å²) in [7, 11) is -3.61. The summed E-state index contributed by atoms with van der Waals surface area (Å²) in [6.45, 7) is 2.28. The van der Waals surface area contributed by atoms with Gasteiger partial charge in [-0.25, -0.2) is 13.6 Å². The van der Waals surface area contributed by atoms with Crippen LogP contribution in [0.2, 0.25) is 0 Å². The van der Waals surface area contributed by atoms with Crippen LogP contribution in [0.25, 0.3) is 0 Å². The molecule has 0 aromatic heterocycles. The number of hydrogen-bond acceptors (Lipinski definition) is 4. The lowest BCUT2D eigenvalue weighted by Gasteiger charge is -2.20. The van der Waals surface area contributed by atoms with E-state index in [9.17, 15) is 13.2 Å². The topological polar surface area (TPSA) is 89.7 Å². The third-order valence-electron chi connectivity index (χ3n) is 4.05. The summed E-state index contributed by atoms with van der Waals surface area (Å²) in [6, 6.07) is 14.9. The van der Waals surface area contributed by atoms with Crippen molar-refractivity contribution in [2.24, 2.45) is 11.1 Å². The fraction of sp³-hybridized carbons (Fsp3) is 0.278. The first-order chi connectivity index (χ1) is 11.8. The molecule has 0 aliphatic carbocycles. The molecule has 6 nitrogen and oxygen atoms in total. The Morgan fingerprint density at radius 1 is 1.20 bits per heavy atom. The van der Waals surface area contributed by atoms with Crippen LogP contribution >= 0.6 is 0 Å². The van der Waals surface area contributed by atoms with Gasteiger partial charge >= 0.3 is 0 Å². The lowest BCUT2D eigenvalue weighted by atomic mass is 10.1. The summed E-state index contributed by atoms with van der Waals surface area (Å²) < 4.78 is 28.6. The number of sulfonamides is 1. The number of rotatable bonds is 5. The van der Waals surface area contributed by atoms with E-state index >= 15 is 0 Å². The second-order valence-electron chi connectivity index (χ2n) is 6.29. The minimum absolute atomic E-state index is 0.131. The van der Waals surface area contributed by atoms with E-state index in [0.717, 1.165) is 5.56 Å². The van der Waals surface area contributed by atoms with Crippen molar-refractivity contribution in [3.63, 3.8) is 0 Å². The Balaban J connectivity index is 1.84. The molecule has 0 bridgehead atoms. The quantitative estimate of drug-likeness (QED) is 0.887. The molecule has 1 atom stereocenters. The highest BCUT2D eigenvalue weighted by Crippen LogP contribution is 2.36. The van der Waals surface area contributed by atoms with Crippen LogP contribution in [0.15, 0.2) is 48.5 Å². The Morgan fingerprint density at radius 2 is 1.96 bits per heavy atom. The number of carbonyl (C=O) groups is 1. The molecular weight excluding hydrogens is 340 g/mol. The summed E-state index contributed by atoms with van der Waals surface area (Å²) in [4.78, 5) is 13.9. The fourth-order valence-corrected chi connectivity index (χ4v) is 3.91. The van der Waals surface area contributed by atoms with Crippen molar-refractivity contribution in [3.05, 3.63) is 54.1 Å². The highest BCUT2D eigenvalue weighted by Gasteiger charge is 2.34. The van der Waals surface area contributed by atoms with E-state index in [-0.39, 0.29) is 24.0 Å². The molecule has 0 spiro atoms. The van der Waals surface area contributed by atoms with Gasteiger partial charge in [0.05, 0.1) is 11.4 Å². The number of nitrogens with zero attached hydrogens (tertiary/aromatic N) is 1. The molecule has 0 radical (unpaired) electrons. The number of anilines is 1. The van der Waals surface area contributed by atoms with Crippen LogP contribution in [0.5, 0.6) is 11.5 Å². The molecule has 1 fully saturated rings. The maximum atomic E-state index is 12.4. The number of benzene rings is 2. The van der Waals surface area contributed by atoms with E-state index in [0.29, 0.717) is 23.7 Å². The maximum absolute atomic E-state index is 12.4. The zero-order chi connectivity index (χ0) is 18.0. The van der Waals surface area contributed by atoms with Gasteiger partial charge in [0.15, 0.2) is 5.75 Å². The molecule has 7 heteroatoms. The molecule has 2 N–H and O–H groups in total. The van der Waals surface area contributed by atoms with Gasteiger partial charge in [-0.1, -0.05) is 24.3 Å². The lowest BCUT2D eigenvalue weighted by Crippen LogP contribution is -2.27. The zero-order valence-electron chi connectivity index (χ0n) is 13.9. The van der Waals surface area contributed by atoms with Gasteiger partial charge in [-0.05, 0) is 36.8 Å². The van der Waals surface area contributed by atoms with E-state index in [2.05, 4.69) is 0 Å². The number of amides is 1. The van der Waals surface area contributed by atoms with E-state index < -0.39 is 10.0 Å². The predicted molar refractivity (Wildman–Crippen MR) is 96.1 cm³/mol. The molecule has 2 aromatic rings. The Hall–Kier alpha value is -2.38. The summed E-state index contributed by atoms with van der Waals surface area (Å²) in [6.07, 6.45) is 0.162. The van der Waals surface area contributed by atoms with Crippen molar-refractivity contribution in [2.45, 2.75) is 13.3 Å². The summed E-state index contributed by atoms with van der Waals surface area (Å²) >= 11 is 0. The molecule has 1 aliphatic rings. The molecule has 1 amide bonds. The van der Waals surface area contributed by atoms with E-state index in [4.69, 9.17) is 9.88 Å². The largest absolute Gasteiger partial charge is 0.455 e. The molecule has 25 heavy (non-hydrogen) atoms. The lowest BCUT2D eigenvalue weighted by molar-refractivity contribution is -0.117. The second kappa shape index (κ2) is 6.85. The van der Waals surface area contributed by atoms with Gasteiger partial charge in [-0.2, -0.15) is 0 Å². The van der Waals surface area contributed by atoms with Crippen molar-refractivity contribution >= 4 is 21.6 Å². The minimum atomic E-state index is -3.61. The molecule has 2 aromatic carbocycles. The van der Waals surface area contributed by atoms with Gasteiger partial charge in [0.25, 0.3) is 0 Å². The highest BCUT2D eigenvalue weighted by molar-refractivity contribution is 7.89. The van der Waals surface area contributed by atoms with Crippen molar-refractivity contribution < 1.29 is 17.9 Å². The number of aryl methyl sites for hydroxylation is 1. The third kappa shape index (κ3) is 4.37. The Morgan fingerprint density at radius 3 is 2.68 bits per heavy atom. The van der Waals surface area contributed by atoms with Gasteiger partial charge in [0.1, 0.15) is 5.75 Å². The summed E-state index contributed by atoms with van der Waals surface area (Å²) in [5.74, 6) is 0.595. The maximum Gasteiger partial charge on any atom is 0.227 e. The Labute approximate surface area is 147 Å². The number of para-hydroxylation sites is 2. The Kier molecular flexibility index (Phi) is 4.78. The number of primary sulfonamides is 1. The first-order valence-corrected chi connectivity index (χ1v) is 9.68. The average Bonchev–Trinajstić information content (AvgIpc) is 2.86. The number of carbonyl (C=O) groups excluding carboxylic acids is 1. The summed E-state index contributed by atoms with van der Waals surface area (Å²) in [5, 5.41) is 5.11. The van der Waals surface area contributed by atoms with Gasteiger partial charge in [-0.15, -0.1) is 0 Å². The van der Waals surface area contributed by atoms with E-state index in [1.54, 1.807) is 17.0 Å². The SMILES string of the molecule is Cc1cccc(Oc2ccccc2N2CC(CS(N)(=O)=O)CC2=O)c1. The number of ether oxygens (including phenoxy) is 1. The molecular formula is C18H20N2O4S. The number of nitrogens with two attached hydrogens (primary N) is 1. The van der Waals surface area contributed by atoms with Crippen molar-refractivity contribution in [1.29, 1.82) is 0 Å². The third-order valence-corrected chi connectivity index (χ3v) is 4.98. The molecule has 1 aliphatic heterocycles. The molecule has 0 saturated carbocycles. The van der Waals surface area contributed by atoms with Gasteiger partial charge < -0.3 is 9.64 Å². The molecule has 3 rings (SSSR count). The molecule has 1 heterocycles. The van der Waals surface area contributed by atoms with Crippen LogP contribution in [-0.2, 0) is 14.8 Å². The molecule has 1 unspecified atom stereocenters. The van der Waals surface area contributed by atoms with Gasteiger partial charge in [0, 0.05) is 18.9 Å². The predicted octanol–water partition coefficient (Wildman–Crippen LogP) is 2.43. The fourth-order valence-electron chi connectivity index (χ4n) is 3.03. The van der Waals surface area contributed by atoms with Crippen LogP contribution < -0.4 is 14.8 Å². The van der Waals surface area contributed by atoms with Crippen LogP contribution in [0.3, 0.4) is 0 Å². The number of hydrogen-bond donors (Lipinski definition) is 1. The van der Waals surface area contributed by atoms with Crippen molar-refractivity contribution in [2.75, 3.05) is 17.2 Å². The van der Waals surface area contributed by atoms with E-state index in [1.165, 1.54) is 0 Å². The summed E-state index contributed by atoms with van der Waals surface area (Å²) in [5.41, 5.74) is 1.70.